The van der Waals surface area contributed by atoms with Gasteiger partial charge in [-0.15, -0.1) is 0 Å². The van der Waals surface area contributed by atoms with Crippen LogP contribution in [-0.2, 0) is 10.0 Å². The summed E-state index contributed by atoms with van der Waals surface area (Å²) in [6.07, 6.45) is 2.60. The van der Waals surface area contributed by atoms with Gasteiger partial charge in [-0.25, -0.2) is 12.8 Å². The molecular weight excluding hydrogens is 443 g/mol. The first-order chi connectivity index (χ1) is 15.7. The molecular formula is C25H23FN2O4S. The molecule has 0 saturated heterocycles. The maximum Gasteiger partial charge on any atom is 0.261 e. The van der Waals surface area contributed by atoms with E-state index in [0.29, 0.717) is 19.5 Å². The van der Waals surface area contributed by atoms with Crippen molar-refractivity contribution in [1.82, 2.24) is 4.90 Å². The summed E-state index contributed by atoms with van der Waals surface area (Å²) in [5.41, 5.74) is 2.69. The van der Waals surface area contributed by atoms with Crippen LogP contribution in [0.5, 0.6) is 5.75 Å². The molecule has 0 aromatic heterocycles. The van der Waals surface area contributed by atoms with Crippen molar-refractivity contribution in [2.75, 3.05) is 17.8 Å². The van der Waals surface area contributed by atoms with Crippen molar-refractivity contribution >= 4 is 27.2 Å². The van der Waals surface area contributed by atoms with Crippen LogP contribution in [0.4, 0.5) is 10.1 Å². The molecule has 0 fully saturated rings. The van der Waals surface area contributed by atoms with Crippen molar-refractivity contribution in [3.05, 3.63) is 95.3 Å². The Balaban J connectivity index is 1.54. The number of carbonyl (C=O) groups is 1. The van der Waals surface area contributed by atoms with E-state index in [1.807, 2.05) is 18.2 Å². The molecule has 0 saturated carbocycles. The van der Waals surface area contributed by atoms with Crippen LogP contribution in [0, 0.1) is 12.7 Å². The summed E-state index contributed by atoms with van der Waals surface area (Å²) in [5.74, 6) is -0.583. The van der Waals surface area contributed by atoms with Gasteiger partial charge in [0, 0.05) is 13.1 Å². The highest BCUT2D eigenvalue weighted by molar-refractivity contribution is 7.92. The van der Waals surface area contributed by atoms with E-state index in [9.17, 15) is 22.7 Å². The van der Waals surface area contributed by atoms with Crippen molar-refractivity contribution in [2.24, 2.45) is 0 Å². The molecule has 0 spiro atoms. The average molecular weight is 467 g/mol. The van der Waals surface area contributed by atoms with Crippen molar-refractivity contribution < 1.29 is 22.7 Å². The van der Waals surface area contributed by atoms with Gasteiger partial charge >= 0.3 is 0 Å². The molecule has 8 heteroatoms. The number of phenols is 1. The lowest BCUT2D eigenvalue weighted by molar-refractivity contribution is 0.0774. The molecule has 1 amide bonds. The number of para-hydroxylation sites is 1. The summed E-state index contributed by atoms with van der Waals surface area (Å²) >= 11 is 0. The minimum atomic E-state index is -4.01. The summed E-state index contributed by atoms with van der Waals surface area (Å²) in [5, 5.41) is 9.46. The SMILES string of the molecule is Cc1cc(S(=O)(=O)Nc2ccccc2C(=O)N2CC=C(c3ccc(O)cc3)CC2)ccc1F. The molecule has 0 atom stereocenters. The zero-order valence-electron chi connectivity index (χ0n) is 18.0. The van der Waals surface area contributed by atoms with Crippen LogP contribution in [0.15, 0.2) is 77.7 Å². The zero-order chi connectivity index (χ0) is 23.6. The molecule has 3 aromatic rings. The van der Waals surface area contributed by atoms with Gasteiger partial charge in [0.15, 0.2) is 0 Å². The molecule has 2 N–H and O–H groups in total. The van der Waals surface area contributed by atoms with E-state index in [-0.39, 0.29) is 33.4 Å². The van der Waals surface area contributed by atoms with E-state index in [4.69, 9.17) is 0 Å². The van der Waals surface area contributed by atoms with Gasteiger partial charge < -0.3 is 10.0 Å². The number of amides is 1. The third-order valence-electron chi connectivity index (χ3n) is 5.58. The Labute approximate surface area is 192 Å². The Hall–Kier alpha value is -3.65. The van der Waals surface area contributed by atoms with Crippen LogP contribution in [0.2, 0.25) is 0 Å². The van der Waals surface area contributed by atoms with Crippen LogP contribution in [0.3, 0.4) is 0 Å². The Kier molecular flexibility index (Phi) is 6.20. The largest absolute Gasteiger partial charge is 0.508 e. The van der Waals surface area contributed by atoms with Gasteiger partial charge in [0.1, 0.15) is 11.6 Å². The number of phenolic OH excluding ortho intramolecular Hbond substituents is 1. The number of hydrogen-bond acceptors (Lipinski definition) is 4. The second-order valence-electron chi connectivity index (χ2n) is 7.84. The van der Waals surface area contributed by atoms with Gasteiger partial charge in [-0.1, -0.05) is 30.3 Å². The number of hydrogen-bond donors (Lipinski definition) is 2. The van der Waals surface area contributed by atoms with E-state index in [2.05, 4.69) is 4.72 Å². The third kappa shape index (κ3) is 4.90. The van der Waals surface area contributed by atoms with Crippen molar-refractivity contribution in [3.8, 4) is 5.75 Å². The highest BCUT2D eigenvalue weighted by Gasteiger charge is 2.24. The van der Waals surface area contributed by atoms with Gasteiger partial charge in [-0.3, -0.25) is 9.52 Å². The Morgan fingerprint density at radius 1 is 1.06 bits per heavy atom. The lowest BCUT2D eigenvalue weighted by Crippen LogP contribution is -2.35. The van der Waals surface area contributed by atoms with Crippen LogP contribution in [0.25, 0.3) is 5.57 Å². The first-order valence-corrected chi connectivity index (χ1v) is 11.9. The highest BCUT2D eigenvalue weighted by atomic mass is 32.2. The molecule has 1 aliphatic heterocycles. The fraction of sp³-hybridized carbons (Fsp3) is 0.160. The number of nitrogens with one attached hydrogen (secondary N) is 1. The molecule has 1 heterocycles. The van der Waals surface area contributed by atoms with E-state index < -0.39 is 15.8 Å². The third-order valence-corrected chi connectivity index (χ3v) is 6.94. The molecule has 0 radical (unpaired) electrons. The Bertz CT molecular complexity index is 1330. The first-order valence-electron chi connectivity index (χ1n) is 10.4. The lowest BCUT2D eigenvalue weighted by atomic mass is 9.99. The molecule has 33 heavy (non-hydrogen) atoms. The van der Waals surface area contributed by atoms with Crippen LogP contribution < -0.4 is 4.72 Å². The first kappa shape index (κ1) is 22.5. The van der Waals surface area contributed by atoms with Gasteiger partial charge in [0.25, 0.3) is 15.9 Å². The highest BCUT2D eigenvalue weighted by Crippen LogP contribution is 2.27. The predicted molar refractivity (Wildman–Crippen MR) is 125 cm³/mol. The Morgan fingerprint density at radius 2 is 1.79 bits per heavy atom. The molecule has 3 aromatic carbocycles. The number of carbonyl (C=O) groups excluding carboxylic acids is 1. The minimum absolute atomic E-state index is 0.0805. The number of aromatic hydroxyl groups is 1. The fourth-order valence-electron chi connectivity index (χ4n) is 3.71. The van der Waals surface area contributed by atoms with Gasteiger partial charge in [-0.05, 0) is 72.5 Å². The van der Waals surface area contributed by atoms with E-state index in [1.165, 1.54) is 25.1 Å². The molecule has 1 aliphatic rings. The van der Waals surface area contributed by atoms with Gasteiger partial charge in [0.2, 0.25) is 0 Å². The molecule has 0 bridgehead atoms. The molecule has 6 nitrogen and oxygen atoms in total. The van der Waals surface area contributed by atoms with Crippen molar-refractivity contribution in [1.29, 1.82) is 0 Å². The zero-order valence-corrected chi connectivity index (χ0v) is 18.8. The minimum Gasteiger partial charge on any atom is -0.508 e. The molecule has 4 rings (SSSR count). The summed E-state index contributed by atoms with van der Waals surface area (Å²) in [7, 11) is -4.01. The number of anilines is 1. The van der Waals surface area contributed by atoms with E-state index >= 15 is 0 Å². The topological polar surface area (TPSA) is 86.7 Å². The van der Waals surface area contributed by atoms with Crippen LogP contribution >= 0.6 is 0 Å². The van der Waals surface area contributed by atoms with E-state index in [0.717, 1.165) is 17.2 Å². The smallest absolute Gasteiger partial charge is 0.261 e. The number of rotatable bonds is 5. The van der Waals surface area contributed by atoms with Crippen LogP contribution in [-0.4, -0.2) is 37.4 Å². The molecule has 0 unspecified atom stereocenters. The molecule has 170 valence electrons. The van der Waals surface area contributed by atoms with E-state index in [1.54, 1.807) is 35.2 Å². The number of benzene rings is 3. The summed E-state index contributed by atoms with van der Waals surface area (Å²) in [6, 6.07) is 16.9. The van der Waals surface area contributed by atoms with Crippen molar-refractivity contribution in [2.45, 2.75) is 18.2 Å². The second kappa shape index (κ2) is 9.07. The number of aryl methyl sites for hydroxylation is 1. The molecule has 0 aliphatic carbocycles. The standard InChI is InChI=1S/C25H23FN2O4S/c1-17-16-21(10-11-23(17)26)33(31,32)27-24-5-3-2-4-22(24)25(30)28-14-12-19(13-15-28)18-6-8-20(29)9-7-18/h2-12,16,27,29H,13-15H2,1H3. The quantitative estimate of drug-likeness (QED) is 0.577. The fourth-order valence-corrected chi connectivity index (χ4v) is 4.87. The van der Waals surface area contributed by atoms with Crippen molar-refractivity contribution in [3.63, 3.8) is 0 Å². The van der Waals surface area contributed by atoms with Gasteiger partial charge in [0.05, 0.1) is 16.1 Å². The maximum atomic E-state index is 13.6. The number of sulfonamides is 1. The lowest BCUT2D eigenvalue weighted by Gasteiger charge is -2.27. The summed E-state index contributed by atoms with van der Waals surface area (Å²) in [4.78, 5) is 14.8. The average Bonchev–Trinajstić information content (AvgIpc) is 2.81. The number of halogens is 1. The number of nitrogens with zero attached hydrogens (tertiary/aromatic N) is 1. The second-order valence-corrected chi connectivity index (χ2v) is 9.52. The maximum absolute atomic E-state index is 13.6. The predicted octanol–water partition coefficient (Wildman–Crippen LogP) is 4.57. The van der Waals surface area contributed by atoms with Crippen LogP contribution in [0.1, 0.15) is 27.9 Å². The van der Waals surface area contributed by atoms with Gasteiger partial charge in [-0.2, -0.15) is 0 Å². The summed E-state index contributed by atoms with van der Waals surface area (Å²) in [6.45, 7) is 2.35. The Morgan fingerprint density at radius 3 is 2.45 bits per heavy atom. The monoisotopic (exact) mass is 466 g/mol. The summed E-state index contributed by atoms with van der Waals surface area (Å²) < 4.78 is 41.7. The normalized spacial score (nSPS) is 14.0.